The molecule has 2 heterocycles. The molecule has 0 saturated carbocycles. The molecule has 134 valence electrons. The van der Waals surface area contributed by atoms with Crippen molar-refractivity contribution in [1.82, 2.24) is 20.0 Å². The van der Waals surface area contributed by atoms with Crippen LogP contribution in [0.15, 0.2) is 36.7 Å². The third kappa shape index (κ3) is 4.64. The van der Waals surface area contributed by atoms with Crippen LogP contribution in [0, 0.1) is 5.82 Å². The molecule has 0 radical (unpaired) electrons. The quantitative estimate of drug-likeness (QED) is 0.867. The number of hydrogen-bond acceptors (Lipinski definition) is 4. The van der Waals surface area contributed by atoms with E-state index in [2.05, 4.69) is 15.3 Å². The molecule has 1 aromatic carbocycles. The Labute approximate surface area is 146 Å². The summed E-state index contributed by atoms with van der Waals surface area (Å²) >= 11 is 0. The second kappa shape index (κ2) is 8.22. The lowest BCUT2D eigenvalue weighted by molar-refractivity contribution is 0.0893. The maximum atomic E-state index is 13.0. The largest absolute Gasteiger partial charge is 0.383 e. The molecule has 1 N–H and O–H groups in total. The van der Waals surface area contributed by atoms with Gasteiger partial charge in [-0.2, -0.15) is 5.10 Å². The summed E-state index contributed by atoms with van der Waals surface area (Å²) in [5.41, 5.74) is 1.22. The molecular weight excluding hydrogens is 323 g/mol. The maximum absolute atomic E-state index is 13.0. The molecule has 7 heteroatoms. The highest BCUT2D eigenvalue weighted by molar-refractivity contribution is 5.94. The Morgan fingerprint density at radius 2 is 2.04 bits per heavy atom. The number of rotatable bonds is 6. The van der Waals surface area contributed by atoms with E-state index in [0.717, 1.165) is 39.1 Å². The van der Waals surface area contributed by atoms with Gasteiger partial charge in [0.05, 0.1) is 24.1 Å². The van der Waals surface area contributed by atoms with E-state index in [0.29, 0.717) is 11.3 Å². The number of halogens is 1. The van der Waals surface area contributed by atoms with Crippen LogP contribution in [0.25, 0.3) is 5.69 Å². The molecule has 1 fully saturated rings. The van der Waals surface area contributed by atoms with Crippen LogP contribution in [0.3, 0.4) is 0 Å². The molecule has 0 unspecified atom stereocenters. The van der Waals surface area contributed by atoms with Crippen LogP contribution in [-0.2, 0) is 4.74 Å². The first-order chi connectivity index (χ1) is 12.2. The van der Waals surface area contributed by atoms with Gasteiger partial charge in [0, 0.05) is 39.0 Å². The minimum atomic E-state index is -0.300. The van der Waals surface area contributed by atoms with Gasteiger partial charge >= 0.3 is 0 Å². The number of piperidine rings is 1. The lowest BCUT2D eigenvalue weighted by Gasteiger charge is -2.32. The van der Waals surface area contributed by atoms with E-state index in [4.69, 9.17) is 4.74 Å². The summed E-state index contributed by atoms with van der Waals surface area (Å²) in [7, 11) is 1.71. The molecule has 0 bridgehead atoms. The van der Waals surface area contributed by atoms with E-state index >= 15 is 0 Å². The molecule has 3 rings (SSSR count). The maximum Gasteiger partial charge on any atom is 0.254 e. The second-order valence-electron chi connectivity index (χ2n) is 6.23. The summed E-state index contributed by atoms with van der Waals surface area (Å²) in [6.07, 6.45) is 5.06. The zero-order valence-electron chi connectivity index (χ0n) is 14.3. The SMILES string of the molecule is COCCN1CCC(NC(=O)c2cnn(-c3ccc(F)cc3)c2)CC1. The molecule has 1 aliphatic heterocycles. The summed E-state index contributed by atoms with van der Waals surface area (Å²) in [5, 5.41) is 7.26. The van der Waals surface area contributed by atoms with E-state index in [1.165, 1.54) is 18.3 Å². The molecule has 0 atom stereocenters. The first-order valence-corrected chi connectivity index (χ1v) is 8.48. The molecule has 0 aliphatic carbocycles. The topological polar surface area (TPSA) is 59.4 Å². The van der Waals surface area contributed by atoms with E-state index in [1.807, 2.05) is 0 Å². The number of carbonyl (C=O) groups is 1. The van der Waals surface area contributed by atoms with Gasteiger partial charge in [-0.05, 0) is 37.1 Å². The predicted molar refractivity (Wildman–Crippen MR) is 92.3 cm³/mol. The molecule has 6 nitrogen and oxygen atoms in total. The molecule has 1 aliphatic rings. The minimum Gasteiger partial charge on any atom is -0.383 e. The normalized spacial score (nSPS) is 16.1. The molecule has 1 aromatic heterocycles. The number of likely N-dealkylation sites (tertiary alicyclic amines) is 1. The summed E-state index contributed by atoms with van der Waals surface area (Å²) < 4.78 is 19.7. The van der Waals surface area contributed by atoms with E-state index in [1.54, 1.807) is 30.1 Å². The number of nitrogens with zero attached hydrogens (tertiary/aromatic N) is 3. The Balaban J connectivity index is 1.53. The summed E-state index contributed by atoms with van der Waals surface area (Å²) in [6.45, 7) is 3.59. The fourth-order valence-electron chi connectivity index (χ4n) is 2.97. The standard InChI is InChI=1S/C18H23FN4O2/c1-25-11-10-22-8-6-16(7-9-22)21-18(24)14-12-20-23(13-14)17-4-2-15(19)3-5-17/h2-5,12-13,16H,6-11H2,1H3,(H,21,24). The number of nitrogens with one attached hydrogen (secondary N) is 1. The predicted octanol–water partition coefficient (Wildman–Crippen LogP) is 1.85. The van der Waals surface area contributed by atoms with Crippen molar-refractivity contribution in [3.63, 3.8) is 0 Å². The van der Waals surface area contributed by atoms with Gasteiger partial charge in [-0.1, -0.05) is 0 Å². The van der Waals surface area contributed by atoms with E-state index in [9.17, 15) is 9.18 Å². The van der Waals surface area contributed by atoms with Crippen molar-refractivity contribution in [3.05, 3.63) is 48.0 Å². The van der Waals surface area contributed by atoms with Gasteiger partial charge in [-0.25, -0.2) is 9.07 Å². The zero-order chi connectivity index (χ0) is 17.6. The second-order valence-corrected chi connectivity index (χ2v) is 6.23. The van der Waals surface area contributed by atoms with Gasteiger partial charge in [0.1, 0.15) is 5.82 Å². The van der Waals surface area contributed by atoms with E-state index < -0.39 is 0 Å². The highest BCUT2D eigenvalue weighted by Gasteiger charge is 2.21. The Hall–Kier alpha value is -2.25. The fourth-order valence-corrected chi connectivity index (χ4v) is 2.97. The monoisotopic (exact) mass is 346 g/mol. The van der Waals surface area contributed by atoms with Crippen LogP contribution in [0.1, 0.15) is 23.2 Å². The highest BCUT2D eigenvalue weighted by Crippen LogP contribution is 2.12. The average molecular weight is 346 g/mol. The minimum absolute atomic E-state index is 0.122. The first-order valence-electron chi connectivity index (χ1n) is 8.48. The van der Waals surface area contributed by atoms with Crippen LogP contribution in [0.4, 0.5) is 4.39 Å². The van der Waals surface area contributed by atoms with Crippen molar-refractivity contribution >= 4 is 5.91 Å². The highest BCUT2D eigenvalue weighted by atomic mass is 19.1. The summed E-state index contributed by atoms with van der Waals surface area (Å²) in [5.74, 6) is -0.422. The Morgan fingerprint density at radius 1 is 1.32 bits per heavy atom. The lowest BCUT2D eigenvalue weighted by Crippen LogP contribution is -2.45. The van der Waals surface area contributed by atoms with Gasteiger partial charge < -0.3 is 15.0 Å². The molecule has 2 aromatic rings. The first kappa shape index (κ1) is 17.6. The van der Waals surface area contributed by atoms with Crippen molar-refractivity contribution in [2.24, 2.45) is 0 Å². The van der Waals surface area contributed by atoms with Crippen LogP contribution in [0.2, 0.25) is 0 Å². The van der Waals surface area contributed by atoms with Crippen molar-refractivity contribution in [3.8, 4) is 5.69 Å². The van der Waals surface area contributed by atoms with Crippen LogP contribution < -0.4 is 5.32 Å². The molecule has 1 saturated heterocycles. The van der Waals surface area contributed by atoms with E-state index in [-0.39, 0.29) is 17.8 Å². The van der Waals surface area contributed by atoms with Crippen LogP contribution in [0.5, 0.6) is 0 Å². The Kier molecular flexibility index (Phi) is 5.78. The van der Waals surface area contributed by atoms with Crippen molar-refractivity contribution in [2.75, 3.05) is 33.4 Å². The average Bonchev–Trinajstić information content (AvgIpc) is 3.12. The number of benzene rings is 1. The number of aromatic nitrogens is 2. The lowest BCUT2D eigenvalue weighted by atomic mass is 10.0. The Bertz CT molecular complexity index is 693. The number of carbonyl (C=O) groups excluding carboxylic acids is 1. The third-order valence-corrected chi connectivity index (χ3v) is 4.47. The number of hydrogen-bond donors (Lipinski definition) is 1. The van der Waals surface area contributed by atoms with Gasteiger partial charge in [-0.15, -0.1) is 0 Å². The van der Waals surface area contributed by atoms with Crippen molar-refractivity contribution < 1.29 is 13.9 Å². The third-order valence-electron chi connectivity index (χ3n) is 4.47. The summed E-state index contributed by atoms with van der Waals surface area (Å²) in [4.78, 5) is 14.8. The Morgan fingerprint density at radius 3 is 2.72 bits per heavy atom. The number of amides is 1. The van der Waals surface area contributed by atoms with Gasteiger partial charge in [0.2, 0.25) is 0 Å². The summed E-state index contributed by atoms with van der Waals surface area (Å²) in [6, 6.07) is 6.17. The van der Waals surface area contributed by atoms with Gasteiger partial charge in [0.15, 0.2) is 0 Å². The number of methoxy groups -OCH3 is 1. The van der Waals surface area contributed by atoms with Gasteiger partial charge in [-0.3, -0.25) is 4.79 Å². The smallest absolute Gasteiger partial charge is 0.254 e. The number of ether oxygens (including phenoxy) is 1. The molecule has 25 heavy (non-hydrogen) atoms. The van der Waals surface area contributed by atoms with Crippen molar-refractivity contribution in [2.45, 2.75) is 18.9 Å². The molecule has 1 amide bonds. The molecular formula is C18H23FN4O2. The van der Waals surface area contributed by atoms with Crippen molar-refractivity contribution in [1.29, 1.82) is 0 Å². The fraction of sp³-hybridized carbons (Fsp3) is 0.444. The van der Waals surface area contributed by atoms with Crippen LogP contribution >= 0.6 is 0 Å². The zero-order valence-corrected chi connectivity index (χ0v) is 14.3. The van der Waals surface area contributed by atoms with Crippen LogP contribution in [-0.4, -0.2) is 60.0 Å². The molecule has 0 spiro atoms. The van der Waals surface area contributed by atoms with Gasteiger partial charge in [0.25, 0.3) is 5.91 Å².